The first-order valence-corrected chi connectivity index (χ1v) is 6.46. The molecule has 0 radical (unpaired) electrons. The lowest BCUT2D eigenvalue weighted by molar-refractivity contribution is 0.232. The van der Waals surface area contributed by atoms with Crippen LogP contribution in [0.15, 0.2) is 6.20 Å². The van der Waals surface area contributed by atoms with Gasteiger partial charge in [0.1, 0.15) is 5.82 Å². The number of nitrogens with zero attached hydrogens (tertiary/aromatic N) is 2. The van der Waals surface area contributed by atoms with Crippen molar-refractivity contribution >= 4 is 0 Å². The Bertz CT molecular complexity index is 361. The molecule has 1 fully saturated rings. The van der Waals surface area contributed by atoms with E-state index >= 15 is 0 Å². The van der Waals surface area contributed by atoms with Crippen LogP contribution >= 0.6 is 0 Å². The minimum atomic E-state index is 0.128. The van der Waals surface area contributed by atoms with E-state index in [0.717, 1.165) is 18.9 Å². The average Bonchev–Trinajstić information content (AvgIpc) is 2.87. The number of imidazole rings is 1. The molecule has 96 valence electrons. The predicted octanol–water partition coefficient (Wildman–Crippen LogP) is 1.56. The minimum absolute atomic E-state index is 0.128. The Morgan fingerprint density at radius 2 is 2.35 bits per heavy atom. The number of H-pyrrole nitrogens is 1. The van der Waals surface area contributed by atoms with Crippen molar-refractivity contribution < 1.29 is 5.11 Å². The quantitative estimate of drug-likeness (QED) is 0.835. The van der Waals surface area contributed by atoms with E-state index in [2.05, 4.69) is 35.8 Å². The van der Waals surface area contributed by atoms with Crippen LogP contribution in [0.1, 0.15) is 43.6 Å². The summed E-state index contributed by atoms with van der Waals surface area (Å²) in [5, 5.41) is 9.40. The van der Waals surface area contributed by atoms with Crippen molar-refractivity contribution in [1.29, 1.82) is 0 Å². The molecule has 0 saturated carbocycles. The third kappa shape index (κ3) is 2.69. The van der Waals surface area contributed by atoms with E-state index in [1.165, 1.54) is 12.1 Å². The van der Waals surface area contributed by atoms with E-state index in [9.17, 15) is 5.11 Å². The lowest BCUT2D eigenvalue weighted by Gasteiger charge is -2.15. The van der Waals surface area contributed by atoms with Crippen LogP contribution in [0.25, 0.3) is 0 Å². The maximum atomic E-state index is 9.40. The zero-order chi connectivity index (χ0) is 12.4. The van der Waals surface area contributed by atoms with Crippen molar-refractivity contribution in [2.24, 2.45) is 5.92 Å². The van der Waals surface area contributed by atoms with Gasteiger partial charge in [-0.3, -0.25) is 0 Å². The molecular weight excluding hydrogens is 214 g/mol. The van der Waals surface area contributed by atoms with E-state index in [-0.39, 0.29) is 12.5 Å². The summed E-state index contributed by atoms with van der Waals surface area (Å²) in [6, 6.07) is 0. The van der Waals surface area contributed by atoms with Crippen LogP contribution in [0.5, 0.6) is 0 Å². The fourth-order valence-corrected chi connectivity index (χ4v) is 2.55. The molecule has 1 aliphatic rings. The van der Waals surface area contributed by atoms with Crippen molar-refractivity contribution in [2.75, 3.05) is 26.7 Å². The standard InChI is InChI=1S/C13H23N3O/c1-9(2)11(8-17)13-14-6-12(15-13)10-4-5-16(3)7-10/h6,9-11,17H,4-5,7-8H2,1-3H3,(H,14,15). The van der Waals surface area contributed by atoms with Crippen LogP contribution in [-0.4, -0.2) is 46.7 Å². The Balaban J connectivity index is 2.10. The molecule has 1 aliphatic heterocycles. The summed E-state index contributed by atoms with van der Waals surface area (Å²) < 4.78 is 0. The summed E-state index contributed by atoms with van der Waals surface area (Å²) in [4.78, 5) is 10.2. The van der Waals surface area contributed by atoms with Crippen LogP contribution in [0.2, 0.25) is 0 Å². The summed E-state index contributed by atoms with van der Waals surface area (Å²) in [5.41, 5.74) is 1.23. The molecule has 2 heterocycles. The lowest BCUT2D eigenvalue weighted by Crippen LogP contribution is -2.14. The first-order valence-electron chi connectivity index (χ1n) is 6.46. The molecule has 0 spiro atoms. The molecule has 0 amide bonds. The highest BCUT2D eigenvalue weighted by Crippen LogP contribution is 2.27. The molecule has 1 aromatic heterocycles. The predicted molar refractivity (Wildman–Crippen MR) is 68.1 cm³/mol. The Kier molecular flexibility index (Phi) is 3.84. The van der Waals surface area contributed by atoms with Gasteiger partial charge in [-0.15, -0.1) is 0 Å². The van der Waals surface area contributed by atoms with Gasteiger partial charge in [-0.05, 0) is 25.9 Å². The van der Waals surface area contributed by atoms with E-state index in [4.69, 9.17) is 0 Å². The second kappa shape index (κ2) is 5.19. The molecule has 0 bridgehead atoms. The van der Waals surface area contributed by atoms with Crippen LogP contribution in [0.4, 0.5) is 0 Å². The minimum Gasteiger partial charge on any atom is -0.396 e. The van der Waals surface area contributed by atoms with Crippen molar-refractivity contribution in [1.82, 2.24) is 14.9 Å². The summed E-state index contributed by atoms with van der Waals surface area (Å²) in [7, 11) is 2.15. The number of likely N-dealkylation sites (tertiary alicyclic amines) is 1. The number of aliphatic hydroxyl groups is 1. The molecule has 2 unspecified atom stereocenters. The number of likely N-dealkylation sites (N-methyl/N-ethyl adjacent to an activating group) is 1. The van der Waals surface area contributed by atoms with Gasteiger partial charge in [-0.2, -0.15) is 0 Å². The summed E-state index contributed by atoms with van der Waals surface area (Å²) >= 11 is 0. The highest BCUT2D eigenvalue weighted by Gasteiger charge is 2.24. The molecule has 4 heteroatoms. The largest absolute Gasteiger partial charge is 0.396 e. The topological polar surface area (TPSA) is 52.2 Å². The number of hydrogen-bond acceptors (Lipinski definition) is 3. The smallest absolute Gasteiger partial charge is 0.111 e. The van der Waals surface area contributed by atoms with Crippen molar-refractivity contribution in [2.45, 2.75) is 32.1 Å². The summed E-state index contributed by atoms with van der Waals surface area (Å²) in [6.45, 7) is 6.66. The van der Waals surface area contributed by atoms with E-state index in [1.54, 1.807) is 0 Å². The molecule has 1 saturated heterocycles. The number of aromatic nitrogens is 2. The van der Waals surface area contributed by atoms with Crippen LogP contribution < -0.4 is 0 Å². The van der Waals surface area contributed by atoms with Gasteiger partial charge in [0.15, 0.2) is 0 Å². The number of rotatable bonds is 4. The molecule has 4 nitrogen and oxygen atoms in total. The molecule has 0 aliphatic carbocycles. The van der Waals surface area contributed by atoms with E-state index in [0.29, 0.717) is 11.8 Å². The molecular formula is C13H23N3O. The zero-order valence-electron chi connectivity index (χ0n) is 11.0. The second-order valence-corrected chi connectivity index (χ2v) is 5.50. The monoisotopic (exact) mass is 237 g/mol. The van der Waals surface area contributed by atoms with Gasteiger partial charge in [0, 0.05) is 30.3 Å². The Labute approximate surface area is 103 Å². The van der Waals surface area contributed by atoms with Gasteiger partial charge < -0.3 is 15.0 Å². The Morgan fingerprint density at radius 1 is 1.59 bits per heavy atom. The van der Waals surface area contributed by atoms with Crippen molar-refractivity contribution in [3.05, 3.63) is 17.7 Å². The first-order chi connectivity index (χ1) is 8.11. The van der Waals surface area contributed by atoms with Crippen LogP contribution in [0, 0.1) is 5.92 Å². The fourth-order valence-electron chi connectivity index (χ4n) is 2.55. The fraction of sp³-hybridized carbons (Fsp3) is 0.769. The second-order valence-electron chi connectivity index (χ2n) is 5.50. The normalized spacial score (nSPS) is 23.5. The van der Waals surface area contributed by atoms with Crippen LogP contribution in [-0.2, 0) is 0 Å². The molecule has 2 atom stereocenters. The first kappa shape index (κ1) is 12.6. The Morgan fingerprint density at radius 3 is 2.88 bits per heavy atom. The maximum absolute atomic E-state index is 9.40. The highest BCUT2D eigenvalue weighted by atomic mass is 16.3. The van der Waals surface area contributed by atoms with Crippen molar-refractivity contribution in [3.63, 3.8) is 0 Å². The number of hydrogen-bond donors (Lipinski definition) is 2. The lowest BCUT2D eigenvalue weighted by atomic mass is 9.96. The van der Waals surface area contributed by atoms with Gasteiger partial charge >= 0.3 is 0 Å². The number of nitrogens with one attached hydrogen (secondary N) is 1. The number of aromatic amines is 1. The van der Waals surface area contributed by atoms with E-state index < -0.39 is 0 Å². The molecule has 2 N–H and O–H groups in total. The summed E-state index contributed by atoms with van der Waals surface area (Å²) in [5.74, 6) is 2.05. The van der Waals surface area contributed by atoms with Gasteiger partial charge in [0.2, 0.25) is 0 Å². The van der Waals surface area contributed by atoms with Gasteiger partial charge in [-0.25, -0.2) is 4.98 Å². The van der Waals surface area contributed by atoms with Gasteiger partial charge in [0.05, 0.1) is 6.61 Å². The third-order valence-corrected chi connectivity index (χ3v) is 3.80. The average molecular weight is 237 g/mol. The Hall–Kier alpha value is -0.870. The van der Waals surface area contributed by atoms with Crippen LogP contribution in [0.3, 0.4) is 0 Å². The van der Waals surface area contributed by atoms with Crippen molar-refractivity contribution in [3.8, 4) is 0 Å². The highest BCUT2D eigenvalue weighted by molar-refractivity contribution is 5.13. The molecule has 2 rings (SSSR count). The van der Waals surface area contributed by atoms with E-state index in [1.807, 2.05) is 6.20 Å². The molecule has 1 aromatic rings. The third-order valence-electron chi connectivity index (χ3n) is 3.80. The number of aliphatic hydroxyl groups excluding tert-OH is 1. The summed E-state index contributed by atoms with van der Waals surface area (Å²) in [6.07, 6.45) is 3.15. The molecule has 17 heavy (non-hydrogen) atoms. The molecule has 0 aromatic carbocycles. The maximum Gasteiger partial charge on any atom is 0.111 e. The van der Waals surface area contributed by atoms with Gasteiger partial charge in [-0.1, -0.05) is 13.8 Å². The zero-order valence-corrected chi connectivity index (χ0v) is 11.0. The van der Waals surface area contributed by atoms with Gasteiger partial charge in [0.25, 0.3) is 0 Å². The SMILES string of the molecule is CC(C)C(CO)c1ncc(C2CCN(C)C2)[nH]1.